The lowest BCUT2D eigenvalue weighted by molar-refractivity contribution is -0.165. The largest absolute Gasteiger partial charge is 0.491 e. The van der Waals surface area contributed by atoms with Crippen LogP contribution in [0, 0.1) is 22.7 Å². The summed E-state index contributed by atoms with van der Waals surface area (Å²) in [5.41, 5.74) is 1.65. The first-order valence-corrected chi connectivity index (χ1v) is 8.45. The fourth-order valence-corrected chi connectivity index (χ4v) is 2.92. The molecule has 0 radical (unpaired) electrons. The molecule has 23 heavy (non-hydrogen) atoms. The third-order valence-corrected chi connectivity index (χ3v) is 4.29. The van der Waals surface area contributed by atoms with Crippen molar-refractivity contribution in [1.29, 1.82) is 10.5 Å². The van der Waals surface area contributed by atoms with Crippen molar-refractivity contribution in [2.24, 2.45) is 0 Å². The molecule has 6 heteroatoms. The van der Waals surface area contributed by atoms with Crippen molar-refractivity contribution < 1.29 is 14.2 Å². The summed E-state index contributed by atoms with van der Waals surface area (Å²) >= 11 is 3.43. The third kappa shape index (κ3) is 5.51. The number of nitriles is 2. The van der Waals surface area contributed by atoms with Crippen LogP contribution in [0.2, 0.25) is 0 Å². The first kappa shape index (κ1) is 17.7. The van der Waals surface area contributed by atoms with Crippen LogP contribution in [0.25, 0.3) is 0 Å². The maximum atomic E-state index is 8.94. The van der Waals surface area contributed by atoms with Crippen LogP contribution in [-0.4, -0.2) is 26.1 Å². The fourth-order valence-electron chi connectivity index (χ4n) is 2.39. The van der Waals surface area contributed by atoms with E-state index in [2.05, 4.69) is 28.1 Å². The molecule has 0 amide bonds. The lowest BCUT2D eigenvalue weighted by Crippen LogP contribution is -2.24. The van der Waals surface area contributed by atoms with Gasteiger partial charge in [0.2, 0.25) is 0 Å². The summed E-state index contributed by atoms with van der Waals surface area (Å²) in [5, 5.41) is 17.8. The van der Waals surface area contributed by atoms with Gasteiger partial charge in [-0.3, -0.25) is 0 Å². The van der Waals surface area contributed by atoms with Crippen molar-refractivity contribution in [3.05, 3.63) is 27.7 Å². The Bertz CT molecular complexity index is 601. The standard InChI is InChI=1S/C17H19BrN2O3/c18-15-11-14(5-7-20)16(12-13(15)4-6-19)21-9-10-23-17-3-1-2-8-22-17/h11-12,17H,1-5,8-10H2. The molecule has 1 aromatic carbocycles. The highest BCUT2D eigenvalue weighted by atomic mass is 79.9. The molecular formula is C17H19BrN2O3. The van der Waals surface area contributed by atoms with E-state index in [0.717, 1.165) is 41.5 Å². The second-order valence-electron chi connectivity index (χ2n) is 5.24. The Morgan fingerprint density at radius 3 is 2.61 bits per heavy atom. The topological polar surface area (TPSA) is 75.3 Å². The highest BCUT2D eigenvalue weighted by Gasteiger charge is 2.14. The van der Waals surface area contributed by atoms with Crippen LogP contribution in [0.15, 0.2) is 16.6 Å². The Kier molecular flexibility index (Phi) is 7.35. The minimum absolute atomic E-state index is 0.134. The third-order valence-electron chi connectivity index (χ3n) is 3.55. The predicted octanol–water partition coefficient (Wildman–Crippen LogP) is 3.50. The first-order valence-electron chi connectivity index (χ1n) is 7.65. The van der Waals surface area contributed by atoms with E-state index in [1.54, 1.807) is 0 Å². The number of rotatable bonds is 7. The van der Waals surface area contributed by atoms with Crippen LogP contribution in [0.1, 0.15) is 30.4 Å². The number of nitrogens with zero attached hydrogens (tertiary/aromatic N) is 2. The maximum Gasteiger partial charge on any atom is 0.157 e. The molecule has 0 saturated carbocycles. The molecule has 1 atom stereocenters. The Morgan fingerprint density at radius 2 is 1.91 bits per heavy atom. The van der Waals surface area contributed by atoms with Gasteiger partial charge in [-0.25, -0.2) is 0 Å². The predicted molar refractivity (Wildman–Crippen MR) is 87.8 cm³/mol. The van der Waals surface area contributed by atoms with Crippen LogP contribution in [0.3, 0.4) is 0 Å². The summed E-state index contributed by atoms with van der Waals surface area (Å²) in [6, 6.07) is 7.91. The van der Waals surface area contributed by atoms with Crippen LogP contribution in [0.5, 0.6) is 5.75 Å². The highest BCUT2D eigenvalue weighted by molar-refractivity contribution is 9.10. The van der Waals surface area contributed by atoms with E-state index in [1.807, 2.05) is 12.1 Å². The lowest BCUT2D eigenvalue weighted by Gasteiger charge is -2.22. The zero-order valence-electron chi connectivity index (χ0n) is 12.9. The maximum absolute atomic E-state index is 8.94. The van der Waals surface area contributed by atoms with E-state index in [-0.39, 0.29) is 19.1 Å². The second-order valence-corrected chi connectivity index (χ2v) is 6.09. The van der Waals surface area contributed by atoms with Gasteiger partial charge < -0.3 is 14.2 Å². The molecule has 0 aromatic heterocycles. The van der Waals surface area contributed by atoms with Crippen molar-refractivity contribution in [3.8, 4) is 17.9 Å². The van der Waals surface area contributed by atoms with Crippen molar-refractivity contribution in [2.75, 3.05) is 19.8 Å². The van der Waals surface area contributed by atoms with Gasteiger partial charge in [0, 0.05) is 16.6 Å². The second kappa shape index (κ2) is 9.52. The van der Waals surface area contributed by atoms with Gasteiger partial charge in [0.15, 0.2) is 6.29 Å². The van der Waals surface area contributed by atoms with Crippen LogP contribution in [-0.2, 0) is 22.3 Å². The van der Waals surface area contributed by atoms with Crippen LogP contribution in [0.4, 0.5) is 0 Å². The molecule has 0 bridgehead atoms. The van der Waals surface area contributed by atoms with Gasteiger partial charge in [-0.2, -0.15) is 10.5 Å². The smallest absolute Gasteiger partial charge is 0.157 e. The van der Waals surface area contributed by atoms with Gasteiger partial charge in [0.05, 0.1) is 31.6 Å². The summed E-state index contributed by atoms with van der Waals surface area (Å²) < 4.78 is 17.7. The molecule has 1 unspecified atom stereocenters. The highest BCUT2D eigenvalue weighted by Crippen LogP contribution is 2.28. The monoisotopic (exact) mass is 378 g/mol. The van der Waals surface area contributed by atoms with E-state index in [1.165, 1.54) is 0 Å². The van der Waals surface area contributed by atoms with Gasteiger partial charge >= 0.3 is 0 Å². The van der Waals surface area contributed by atoms with Crippen molar-refractivity contribution in [3.63, 3.8) is 0 Å². The fraction of sp³-hybridized carbons (Fsp3) is 0.529. The molecular weight excluding hydrogens is 360 g/mol. The average molecular weight is 379 g/mol. The minimum atomic E-state index is -0.134. The Balaban J connectivity index is 1.92. The summed E-state index contributed by atoms with van der Waals surface area (Å²) in [6.45, 7) is 1.56. The number of hydrogen-bond donors (Lipinski definition) is 0. The van der Waals surface area contributed by atoms with Gasteiger partial charge in [-0.15, -0.1) is 0 Å². The van der Waals surface area contributed by atoms with Crippen LogP contribution < -0.4 is 4.74 Å². The van der Waals surface area contributed by atoms with Crippen molar-refractivity contribution in [2.45, 2.75) is 38.4 Å². The van der Waals surface area contributed by atoms with E-state index in [4.69, 9.17) is 24.7 Å². The normalized spacial score (nSPS) is 17.3. The van der Waals surface area contributed by atoms with Crippen molar-refractivity contribution >= 4 is 15.9 Å². The summed E-state index contributed by atoms with van der Waals surface area (Å²) in [6.07, 6.45) is 3.55. The molecule has 122 valence electrons. The molecule has 1 saturated heterocycles. The summed E-state index contributed by atoms with van der Waals surface area (Å²) in [4.78, 5) is 0. The van der Waals surface area contributed by atoms with E-state index < -0.39 is 0 Å². The molecule has 1 heterocycles. The SMILES string of the molecule is N#CCc1cc(OCCOC2CCCCO2)c(CC#N)cc1Br. The van der Waals surface area contributed by atoms with Gasteiger partial charge in [0.25, 0.3) is 0 Å². The number of hydrogen-bond acceptors (Lipinski definition) is 5. The Labute approximate surface area is 144 Å². The first-order chi connectivity index (χ1) is 11.2. The number of benzene rings is 1. The van der Waals surface area contributed by atoms with Gasteiger partial charge in [-0.05, 0) is 37.0 Å². The number of ether oxygens (including phenoxy) is 3. The molecule has 1 fully saturated rings. The summed E-state index contributed by atoms with van der Waals surface area (Å²) in [5.74, 6) is 0.633. The average Bonchev–Trinajstić information content (AvgIpc) is 2.56. The number of halogens is 1. The molecule has 2 rings (SSSR count). The minimum Gasteiger partial charge on any atom is -0.491 e. The zero-order valence-corrected chi connectivity index (χ0v) is 14.5. The molecule has 1 aromatic rings. The Morgan fingerprint density at radius 1 is 1.13 bits per heavy atom. The molecule has 1 aliphatic rings. The quantitative estimate of drug-likeness (QED) is 0.678. The molecule has 5 nitrogen and oxygen atoms in total. The van der Waals surface area contributed by atoms with Gasteiger partial charge in [0.1, 0.15) is 12.4 Å². The zero-order chi connectivity index (χ0) is 16.5. The lowest BCUT2D eigenvalue weighted by atomic mass is 10.1. The van der Waals surface area contributed by atoms with Crippen LogP contribution >= 0.6 is 15.9 Å². The molecule has 0 spiro atoms. The van der Waals surface area contributed by atoms with E-state index in [9.17, 15) is 0 Å². The van der Waals surface area contributed by atoms with E-state index in [0.29, 0.717) is 19.0 Å². The Hall–Kier alpha value is -1.60. The molecule has 0 N–H and O–H groups in total. The van der Waals surface area contributed by atoms with Crippen molar-refractivity contribution in [1.82, 2.24) is 0 Å². The molecule has 1 aliphatic heterocycles. The molecule has 0 aliphatic carbocycles. The summed E-state index contributed by atoms with van der Waals surface area (Å²) in [7, 11) is 0. The van der Waals surface area contributed by atoms with Gasteiger partial charge in [-0.1, -0.05) is 15.9 Å². The van der Waals surface area contributed by atoms with E-state index >= 15 is 0 Å².